The summed E-state index contributed by atoms with van der Waals surface area (Å²) >= 11 is 0. The Hall–Kier alpha value is -1.67. The van der Waals surface area contributed by atoms with Gasteiger partial charge in [-0.1, -0.05) is 19.3 Å². The molecule has 0 saturated heterocycles. The van der Waals surface area contributed by atoms with Crippen molar-refractivity contribution in [1.82, 2.24) is 0 Å². The van der Waals surface area contributed by atoms with Crippen molar-refractivity contribution in [3.63, 3.8) is 0 Å². The van der Waals surface area contributed by atoms with Gasteiger partial charge in [0.25, 0.3) is 5.69 Å². The molecule has 8 heteroatoms. The van der Waals surface area contributed by atoms with Gasteiger partial charge < -0.3 is 10.4 Å². The topological polar surface area (TPSA) is 110 Å². The highest BCUT2D eigenvalue weighted by atomic mass is 32.2. The summed E-state index contributed by atoms with van der Waals surface area (Å²) in [5, 5.41) is 24.0. The van der Waals surface area contributed by atoms with E-state index in [1.54, 1.807) is 0 Å². The van der Waals surface area contributed by atoms with Gasteiger partial charge >= 0.3 is 0 Å². The van der Waals surface area contributed by atoms with Gasteiger partial charge in [0.05, 0.1) is 21.6 Å². The van der Waals surface area contributed by atoms with Crippen LogP contribution in [0.2, 0.25) is 0 Å². The molecule has 1 aromatic rings. The Bertz CT molecular complexity index is 668. The number of hydrogen-bond donors (Lipinski definition) is 2. The van der Waals surface area contributed by atoms with Crippen LogP contribution in [0.3, 0.4) is 0 Å². The van der Waals surface area contributed by atoms with Gasteiger partial charge in [-0.05, 0) is 24.8 Å². The lowest BCUT2D eigenvalue weighted by molar-refractivity contribution is -0.385. The van der Waals surface area contributed by atoms with E-state index < -0.39 is 20.9 Å². The lowest BCUT2D eigenvalue weighted by Crippen LogP contribution is -2.30. The van der Waals surface area contributed by atoms with Gasteiger partial charge in [0.15, 0.2) is 9.84 Å². The number of sulfone groups is 1. The molecule has 2 rings (SSSR count). The van der Waals surface area contributed by atoms with Crippen molar-refractivity contribution in [3.8, 4) is 0 Å². The molecule has 1 aromatic carbocycles. The zero-order valence-corrected chi connectivity index (χ0v) is 13.9. The number of aliphatic hydroxyl groups is 1. The zero-order chi connectivity index (χ0) is 17.0. The molecule has 1 fully saturated rings. The number of nitrogens with one attached hydrogen (secondary N) is 1. The van der Waals surface area contributed by atoms with E-state index in [0.29, 0.717) is 0 Å². The summed E-state index contributed by atoms with van der Waals surface area (Å²) in [6.45, 7) is 0.227. The predicted octanol–water partition coefficient (Wildman–Crippen LogP) is 2.35. The minimum absolute atomic E-state index is 0.123. The molecule has 128 valence electrons. The number of aliphatic hydroxyl groups excluding tert-OH is 1. The van der Waals surface area contributed by atoms with Gasteiger partial charge in [-0.15, -0.1) is 0 Å². The van der Waals surface area contributed by atoms with Crippen LogP contribution in [0.5, 0.6) is 0 Å². The largest absolute Gasteiger partial charge is 0.391 e. The first-order valence-corrected chi connectivity index (χ1v) is 9.58. The number of non-ortho nitro benzene ring substituents is 1. The molecular formula is C15H22N2O5S. The van der Waals surface area contributed by atoms with E-state index in [4.69, 9.17) is 0 Å². The van der Waals surface area contributed by atoms with Crippen molar-refractivity contribution in [2.45, 2.75) is 43.1 Å². The number of anilines is 1. The molecule has 0 amide bonds. The summed E-state index contributed by atoms with van der Waals surface area (Å²) in [4.78, 5) is 10.1. The highest BCUT2D eigenvalue weighted by molar-refractivity contribution is 7.90. The van der Waals surface area contributed by atoms with Crippen LogP contribution in [-0.2, 0) is 9.84 Å². The predicted molar refractivity (Wildman–Crippen MR) is 87.3 cm³/mol. The maximum atomic E-state index is 11.8. The van der Waals surface area contributed by atoms with Crippen LogP contribution in [0.1, 0.15) is 32.1 Å². The Labute approximate surface area is 135 Å². The highest BCUT2D eigenvalue weighted by Gasteiger charge is 2.23. The van der Waals surface area contributed by atoms with Crippen molar-refractivity contribution in [2.24, 2.45) is 5.92 Å². The normalized spacial score (nSPS) is 17.7. The van der Waals surface area contributed by atoms with Crippen molar-refractivity contribution in [2.75, 3.05) is 18.1 Å². The van der Waals surface area contributed by atoms with Crippen LogP contribution in [0, 0.1) is 16.0 Å². The molecule has 0 bridgehead atoms. The Morgan fingerprint density at radius 3 is 2.57 bits per heavy atom. The van der Waals surface area contributed by atoms with Crippen molar-refractivity contribution >= 4 is 21.2 Å². The molecule has 0 heterocycles. The fourth-order valence-corrected chi connectivity index (χ4v) is 3.85. The molecule has 0 spiro atoms. The van der Waals surface area contributed by atoms with Crippen LogP contribution >= 0.6 is 0 Å². The number of hydrogen-bond acceptors (Lipinski definition) is 6. The Morgan fingerprint density at radius 1 is 1.35 bits per heavy atom. The molecular weight excluding hydrogens is 320 g/mol. The number of nitrogens with zero attached hydrogens (tertiary/aromatic N) is 1. The minimum atomic E-state index is -3.61. The Balaban J connectivity index is 2.14. The number of nitro groups is 1. The summed E-state index contributed by atoms with van der Waals surface area (Å²) in [5.74, 6) is 0.219. The molecule has 1 saturated carbocycles. The standard InChI is InChI=1S/C15H22N2O5S/c1-23(21,22)15-9-12(17(19)20)7-8-13(15)16-10-14(18)11-5-3-2-4-6-11/h7-9,11,14,16,18H,2-6,10H2,1H3. The summed E-state index contributed by atoms with van der Waals surface area (Å²) in [6.07, 6.45) is 5.80. The van der Waals surface area contributed by atoms with E-state index in [0.717, 1.165) is 38.0 Å². The molecule has 23 heavy (non-hydrogen) atoms. The second-order valence-corrected chi connectivity index (χ2v) is 8.04. The van der Waals surface area contributed by atoms with E-state index >= 15 is 0 Å². The average Bonchev–Trinajstić information content (AvgIpc) is 2.52. The van der Waals surface area contributed by atoms with Gasteiger partial charge in [-0.2, -0.15) is 0 Å². The Morgan fingerprint density at radius 2 is 2.00 bits per heavy atom. The first-order chi connectivity index (χ1) is 10.8. The van der Waals surface area contributed by atoms with Gasteiger partial charge in [0.2, 0.25) is 0 Å². The van der Waals surface area contributed by atoms with Crippen LogP contribution in [0.4, 0.5) is 11.4 Å². The quantitative estimate of drug-likeness (QED) is 0.606. The number of nitro benzene ring substituents is 1. The minimum Gasteiger partial charge on any atom is -0.391 e. The molecule has 0 radical (unpaired) electrons. The third-order valence-corrected chi connectivity index (χ3v) is 5.41. The second kappa shape index (κ2) is 7.27. The lowest BCUT2D eigenvalue weighted by atomic mass is 9.85. The number of benzene rings is 1. The molecule has 1 aliphatic rings. The van der Waals surface area contributed by atoms with Crippen LogP contribution in [0.25, 0.3) is 0 Å². The summed E-state index contributed by atoms with van der Waals surface area (Å²) < 4.78 is 23.7. The molecule has 0 aliphatic heterocycles. The van der Waals surface area contributed by atoms with E-state index in [-0.39, 0.29) is 28.7 Å². The van der Waals surface area contributed by atoms with Gasteiger partial charge in [-0.25, -0.2) is 8.42 Å². The molecule has 0 aromatic heterocycles. The number of rotatable bonds is 6. The highest BCUT2D eigenvalue weighted by Crippen LogP contribution is 2.29. The molecule has 2 N–H and O–H groups in total. The van der Waals surface area contributed by atoms with Crippen LogP contribution in [-0.4, -0.2) is 37.4 Å². The van der Waals surface area contributed by atoms with E-state index in [9.17, 15) is 23.6 Å². The van der Waals surface area contributed by atoms with Crippen LogP contribution in [0.15, 0.2) is 23.1 Å². The van der Waals surface area contributed by atoms with E-state index in [1.807, 2.05) is 0 Å². The fraction of sp³-hybridized carbons (Fsp3) is 0.600. The first kappa shape index (κ1) is 17.7. The lowest BCUT2D eigenvalue weighted by Gasteiger charge is -2.27. The van der Waals surface area contributed by atoms with Crippen molar-refractivity contribution in [1.29, 1.82) is 0 Å². The van der Waals surface area contributed by atoms with Gasteiger partial charge in [-0.3, -0.25) is 10.1 Å². The first-order valence-electron chi connectivity index (χ1n) is 7.69. The summed E-state index contributed by atoms with van der Waals surface area (Å²) in [7, 11) is -3.61. The molecule has 1 atom stereocenters. The third kappa shape index (κ3) is 4.65. The molecule has 1 aliphatic carbocycles. The molecule has 1 unspecified atom stereocenters. The second-order valence-electron chi connectivity index (χ2n) is 6.06. The van der Waals surface area contributed by atoms with Gasteiger partial charge in [0.1, 0.15) is 0 Å². The summed E-state index contributed by atoms with van der Waals surface area (Å²) in [5.41, 5.74) is 0.0109. The Kier molecular flexibility index (Phi) is 5.59. The average molecular weight is 342 g/mol. The SMILES string of the molecule is CS(=O)(=O)c1cc([N+](=O)[O-])ccc1NCC(O)C1CCCCC1. The maximum Gasteiger partial charge on any atom is 0.270 e. The van der Waals surface area contributed by atoms with Gasteiger partial charge in [0, 0.05) is 24.9 Å². The zero-order valence-electron chi connectivity index (χ0n) is 13.1. The fourth-order valence-electron chi connectivity index (χ4n) is 2.98. The third-order valence-electron chi connectivity index (χ3n) is 4.27. The monoisotopic (exact) mass is 342 g/mol. The van der Waals surface area contributed by atoms with E-state index in [1.165, 1.54) is 18.6 Å². The van der Waals surface area contributed by atoms with Crippen LogP contribution < -0.4 is 5.32 Å². The van der Waals surface area contributed by atoms with Crippen molar-refractivity contribution < 1.29 is 18.4 Å². The van der Waals surface area contributed by atoms with E-state index in [2.05, 4.69) is 5.32 Å². The smallest absolute Gasteiger partial charge is 0.270 e. The summed E-state index contributed by atoms with van der Waals surface area (Å²) in [6, 6.07) is 3.68. The molecule has 7 nitrogen and oxygen atoms in total. The maximum absolute atomic E-state index is 11.8. The van der Waals surface area contributed by atoms with Crippen molar-refractivity contribution in [3.05, 3.63) is 28.3 Å².